The molecule has 0 spiro atoms. The summed E-state index contributed by atoms with van der Waals surface area (Å²) in [7, 11) is 1.68. The summed E-state index contributed by atoms with van der Waals surface area (Å²) in [6, 6.07) is 3.46. The Bertz CT molecular complexity index is 324. The molecule has 0 aromatic carbocycles. The predicted octanol–water partition coefficient (Wildman–Crippen LogP) is 3.87. The molecule has 0 aliphatic rings. The minimum absolute atomic E-state index is 0.0928. The Balaban J connectivity index is 2.43. The zero-order valence-electron chi connectivity index (χ0n) is 8.77. The van der Waals surface area contributed by atoms with Crippen molar-refractivity contribution in [1.29, 1.82) is 0 Å². The normalized spacial score (nSPS) is 14.1. The lowest BCUT2D eigenvalue weighted by Gasteiger charge is -2.16. The van der Waals surface area contributed by atoms with Gasteiger partial charge in [0, 0.05) is 17.3 Å². The second-order valence-corrected chi connectivity index (χ2v) is 5.35. The van der Waals surface area contributed by atoms with Gasteiger partial charge < -0.3 is 5.32 Å². The second kappa shape index (κ2) is 5.89. The highest BCUT2D eigenvalue weighted by molar-refractivity contribution is 7.16. The van der Waals surface area contributed by atoms with Crippen LogP contribution in [0, 0.1) is 0 Å². The summed E-state index contributed by atoms with van der Waals surface area (Å²) in [4.78, 5) is 1.01. The van der Waals surface area contributed by atoms with Gasteiger partial charge in [0.05, 0.1) is 4.34 Å². The van der Waals surface area contributed by atoms with Crippen molar-refractivity contribution in [3.8, 4) is 0 Å². The fraction of sp³-hybridized carbons (Fsp3) is 0.600. The van der Waals surface area contributed by atoms with E-state index in [0.29, 0.717) is 10.8 Å². The van der Waals surface area contributed by atoms with E-state index in [0.717, 1.165) is 4.88 Å². The van der Waals surface area contributed by atoms with Crippen LogP contribution < -0.4 is 5.32 Å². The van der Waals surface area contributed by atoms with Gasteiger partial charge in [-0.1, -0.05) is 11.6 Å². The molecule has 1 rings (SSSR count). The molecule has 1 aromatic heterocycles. The third-order valence-corrected chi connectivity index (χ3v) is 3.51. The van der Waals surface area contributed by atoms with Crippen molar-refractivity contribution in [2.24, 2.45) is 0 Å². The first-order chi connectivity index (χ1) is 7.40. The maximum atomic E-state index is 12.0. The van der Waals surface area contributed by atoms with Crippen LogP contribution in [0.1, 0.15) is 17.7 Å². The summed E-state index contributed by atoms with van der Waals surface area (Å²) < 4.78 is 36.8. The Morgan fingerprint density at radius 2 is 2.12 bits per heavy atom. The van der Waals surface area contributed by atoms with Gasteiger partial charge in [-0.3, -0.25) is 0 Å². The largest absolute Gasteiger partial charge is 0.389 e. The number of hydrogen-bond donors (Lipinski definition) is 1. The summed E-state index contributed by atoms with van der Waals surface area (Å²) in [5.41, 5.74) is 0. The number of hydrogen-bond acceptors (Lipinski definition) is 2. The molecule has 16 heavy (non-hydrogen) atoms. The first-order valence-electron chi connectivity index (χ1n) is 4.89. The predicted molar refractivity (Wildman–Crippen MR) is 61.2 cm³/mol. The Kier molecular flexibility index (Phi) is 5.08. The van der Waals surface area contributed by atoms with Crippen LogP contribution in [0.4, 0.5) is 13.2 Å². The number of thiophene rings is 1. The van der Waals surface area contributed by atoms with Crippen molar-refractivity contribution < 1.29 is 13.2 Å². The molecule has 0 aliphatic heterocycles. The lowest BCUT2D eigenvalue weighted by Crippen LogP contribution is -2.29. The zero-order valence-corrected chi connectivity index (χ0v) is 10.3. The molecule has 0 amide bonds. The molecule has 0 saturated carbocycles. The summed E-state index contributed by atoms with van der Waals surface area (Å²) in [5, 5.41) is 2.90. The summed E-state index contributed by atoms with van der Waals surface area (Å²) in [6.45, 7) is 0. The standard InChI is InChI=1S/C10H13ClF3NS/c1-15-7(4-5-10(12,13)14)6-8-2-3-9(11)16-8/h2-3,7,15H,4-6H2,1H3. The third-order valence-electron chi connectivity index (χ3n) is 2.26. The molecule has 0 fully saturated rings. The van der Waals surface area contributed by atoms with Gasteiger partial charge in [0.25, 0.3) is 0 Å². The minimum atomic E-state index is -4.08. The Morgan fingerprint density at radius 3 is 2.56 bits per heavy atom. The van der Waals surface area contributed by atoms with Crippen LogP contribution in [0.25, 0.3) is 0 Å². The molecule has 1 aromatic rings. The van der Waals surface area contributed by atoms with Crippen molar-refractivity contribution >= 4 is 22.9 Å². The molecule has 0 radical (unpaired) electrons. The number of rotatable bonds is 5. The summed E-state index contributed by atoms with van der Waals surface area (Å²) >= 11 is 7.16. The first kappa shape index (κ1) is 13.8. The van der Waals surface area contributed by atoms with Gasteiger partial charge in [-0.2, -0.15) is 13.2 Å². The van der Waals surface area contributed by atoms with E-state index in [4.69, 9.17) is 11.6 Å². The van der Waals surface area contributed by atoms with Crippen molar-refractivity contribution in [3.05, 3.63) is 21.3 Å². The van der Waals surface area contributed by atoms with Gasteiger partial charge in [0.1, 0.15) is 0 Å². The van der Waals surface area contributed by atoms with Crippen LogP contribution >= 0.6 is 22.9 Å². The minimum Gasteiger partial charge on any atom is -0.317 e. The molecule has 6 heteroatoms. The molecular formula is C10H13ClF3NS. The highest BCUT2D eigenvalue weighted by Gasteiger charge is 2.28. The average Bonchev–Trinajstić information content (AvgIpc) is 2.57. The van der Waals surface area contributed by atoms with E-state index in [1.807, 2.05) is 6.07 Å². The SMILES string of the molecule is CNC(CCC(F)(F)F)Cc1ccc(Cl)s1. The molecule has 0 aliphatic carbocycles. The van der Waals surface area contributed by atoms with Crippen LogP contribution in [-0.2, 0) is 6.42 Å². The van der Waals surface area contributed by atoms with Gasteiger partial charge in [-0.15, -0.1) is 11.3 Å². The van der Waals surface area contributed by atoms with E-state index in [1.54, 1.807) is 13.1 Å². The van der Waals surface area contributed by atoms with Crippen LogP contribution in [0.3, 0.4) is 0 Å². The lowest BCUT2D eigenvalue weighted by molar-refractivity contribution is -0.136. The molecule has 1 unspecified atom stereocenters. The van der Waals surface area contributed by atoms with E-state index in [-0.39, 0.29) is 12.5 Å². The molecule has 1 heterocycles. The fourth-order valence-corrected chi connectivity index (χ4v) is 2.56. The van der Waals surface area contributed by atoms with Crippen molar-refractivity contribution in [2.45, 2.75) is 31.5 Å². The maximum absolute atomic E-state index is 12.0. The fourth-order valence-electron chi connectivity index (χ4n) is 1.39. The van der Waals surface area contributed by atoms with E-state index in [1.165, 1.54) is 11.3 Å². The molecule has 0 bridgehead atoms. The number of alkyl halides is 3. The topological polar surface area (TPSA) is 12.0 Å². The Hall–Kier alpha value is -0.260. The Morgan fingerprint density at radius 1 is 1.44 bits per heavy atom. The van der Waals surface area contributed by atoms with Crippen molar-refractivity contribution in [1.82, 2.24) is 5.32 Å². The first-order valence-corrected chi connectivity index (χ1v) is 6.08. The second-order valence-electron chi connectivity index (χ2n) is 3.55. The number of nitrogens with one attached hydrogen (secondary N) is 1. The van der Waals surface area contributed by atoms with E-state index < -0.39 is 12.6 Å². The van der Waals surface area contributed by atoms with Crippen LogP contribution in [0.15, 0.2) is 12.1 Å². The maximum Gasteiger partial charge on any atom is 0.389 e. The summed E-state index contributed by atoms with van der Waals surface area (Å²) in [5.74, 6) is 0. The molecule has 0 saturated heterocycles. The molecule has 1 atom stereocenters. The van der Waals surface area contributed by atoms with E-state index in [9.17, 15) is 13.2 Å². The molecular weight excluding hydrogens is 259 g/mol. The van der Waals surface area contributed by atoms with Gasteiger partial charge in [-0.05, 0) is 32.0 Å². The monoisotopic (exact) mass is 271 g/mol. The highest BCUT2D eigenvalue weighted by atomic mass is 35.5. The zero-order chi connectivity index (χ0) is 12.2. The van der Waals surface area contributed by atoms with Crippen molar-refractivity contribution in [3.63, 3.8) is 0 Å². The van der Waals surface area contributed by atoms with Crippen molar-refractivity contribution in [2.75, 3.05) is 7.05 Å². The smallest absolute Gasteiger partial charge is 0.317 e. The van der Waals surface area contributed by atoms with Crippen LogP contribution in [0.2, 0.25) is 4.34 Å². The number of halogens is 4. The van der Waals surface area contributed by atoms with E-state index >= 15 is 0 Å². The van der Waals surface area contributed by atoms with Gasteiger partial charge in [-0.25, -0.2) is 0 Å². The average molecular weight is 272 g/mol. The summed E-state index contributed by atoms with van der Waals surface area (Å²) in [6.07, 6.45) is -4.15. The quantitative estimate of drug-likeness (QED) is 0.857. The molecule has 1 N–H and O–H groups in total. The van der Waals surface area contributed by atoms with Crippen LogP contribution in [-0.4, -0.2) is 19.3 Å². The van der Waals surface area contributed by atoms with E-state index in [2.05, 4.69) is 5.32 Å². The van der Waals surface area contributed by atoms with Crippen LogP contribution in [0.5, 0.6) is 0 Å². The van der Waals surface area contributed by atoms with Gasteiger partial charge in [0.2, 0.25) is 0 Å². The molecule has 1 nitrogen and oxygen atoms in total. The molecule has 92 valence electrons. The lowest BCUT2D eigenvalue weighted by atomic mass is 10.1. The number of likely N-dealkylation sites (N-methyl/N-ethyl adjacent to an activating group) is 1. The van der Waals surface area contributed by atoms with Gasteiger partial charge in [0.15, 0.2) is 0 Å². The highest BCUT2D eigenvalue weighted by Crippen LogP contribution is 2.26. The Labute approximate surface area is 102 Å². The third kappa shape index (κ3) is 5.18. The van der Waals surface area contributed by atoms with Gasteiger partial charge >= 0.3 is 6.18 Å².